The molecule has 6 saturated carbocycles. The molecule has 0 heterocycles. The first-order chi connectivity index (χ1) is 24.2. The standard InChI is InChI=1S/C43H55FO8/c1-23-18-31-30-9-7-25-20-27(46)13-16-38(25,3)42(30,44)35(50)22-40(31,5)43(23,52)34(49)11-10-33(48)41(51)17-14-29-28-8-6-24-19-26(45)12-15-37(24,2)36(28)32(47)21-39(29,41)4/h12-13,15-16,19-20,23,28-32,35-36,47,50-52H,6-11,14,17-18,21-22H2,1-5H3/t23-,28?,29?,30?,31?,32-,35-,36?,37-,38-,39-,40-,41-,42-,43-/m0/s1. The lowest BCUT2D eigenvalue weighted by Gasteiger charge is -2.62. The van der Waals surface area contributed by atoms with Gasteiger partial charge in [0.1, 0.15) is 11.2 Å². The number of carbonyl (C=O) groups excluding carboxylic acids is 4. The van der Waals surface area contributed by atoms with Gasteiger partial charge in [0.05, 0.1) is 12.2 Å². The highest BCUT2D eigenvalue weighted by Crippen LogP contribution is 2.71. The number of carbonyl (C=O) groups is 4. The van der Waals surface area contributed by atoms with E-state index in [1.807, 2.05) is 13.0 Å². The molecule has 6 fully saturated rings. The molecule has 8 rings (SSSR count). The Kier molecular flexibility index (Phi) is 7.86. The lowest BCUT2D eigenvalue weighted by atomic mass is 9.44. The van der Waals surface area contributed by atoms with Crippen LogP contribution in [0.2, 0.25) is 0 Å². The number of halogens is 1. The predicted molar refractivity (Wildman–Crippen MR) is 190 cm³/mol. The minimum absolute atomic E-state index is 0.0248. The molecule has 8 aliphatic rings. The van der Waals surface area contributed by atoms with Crippen molar-refractivity contribution in [2.75, 3.05) is 0 Å². The number of alkyl halides is 1. The molecule has 15 atom stereocenters. The first-order valence-electron chi connectivity index (χ1n) is 19.7. The highest BCUT2D eigenvalue weighted by atomic mass is 19.1. The summed E-state index contributed by atoms with van der Waals surface area (Å²) in [5.74, 6) is -2.94. The minimum atomic E-state index is -2.08. The Labute approximate surface area is 305 Å². The fourth-order valence-electron chi connectivity index (χ4n) is 14.6. The number of allylic oxidation sites excluding steroid dienone is 8. The molecule has 0 aromatic rings. The Morgan fingerprint density at radius 1 is 0.808 bits per heavy atom. The number of aliphatic hydroxyl groups excluding tert-OH is 2. The third-order valence-corrected chi connectivity index (χ3v) is 17.3. The van der Waals surface area contributed by atoms with Crippen LogP contribution in [0.3, 0.4) is 0 Å². The van der Waals surface area contributed by atoms with Gasteiger partial charge in [-0.1, -0.05) is 51.0 Å². The Morgan fingerprint density at radius 2 is 1.44 bits per heavy atom. The summed E-state index contributed by atoms with van der Waals surface area (Å²) in [6, 6.07) is 0. The van der Waals surface area contributed by atoms with Crippen molar-refractivity contribution >= 4 is 23.1 Å². The summed E-state index contributed by atoms with van der Waals surface area (Å²) in [5.41, 5.74) is -7.74. The van der Waals surface area contributed by atoms with Crippen LogP contribution in [0.4, 0.5) is 4.39 Å². The van der Waals surface area contributed by atoms with E-state index in [1.54, 1.807) is 39.0 Å². The summed E-state index contributed by atoms with van der Waals surface area (Å²) in [6.07, 6.45) is 10.5. The van der Waals surface area contributed by atoms with E-state index in [9.17, 15) is 39.6 Å². The molecule has 0 bridgehead atoms. The van der Waals surface area contributed by atoms with Crippen LogP contribution in [-0.2, 0) is 19.2 Å². The molecule has 282 valence electrons. The van der Waals surface area contributed by atoms with Gasteiger partial charge in [-0.2, -0.15) is 0 Å². The van der Waals surface area contributed by atoms with Crippen LogP contribution >= 0.6 is 0 Å². The molecule has 0 spiro atoms. The van der Waals surface area contributed by atoms with Crippen LogP contribution in [-0.4, -0.2) is 72.6 Å². The van der Waals surface area contributed by atoms with Crippen molar-refractivity contribution in [1.82, 2.24) is 0 Å². The van der Waals surface area contributed by atoms with Crippen molar-refractivity contribution in [3.63, 3.8) is 0 Å². The molecule has 0 radical (unpaired) electrons. The Hall–Kier alpha value is -2.59. The van der Waals surface area contributed by atoms with E-state index < -0.39 is 80.1 Å². The van der Waals surface area contributed by atoms with Gasteiger partial charge in [-0.3, -0.25) is 19.2 Å². The van der Waals surface area contributed by atoms with E-state index in [1.165, 1.54) is 12.2 Å². The van der Waals surface area contributed by atoms with Crippen molar-refractivity contribution in [3.05, 3.63) is 47.6 Å². The quantitative estimate of drug-likeness (QED) is 0.301. The van der Waals surface area contributed by atoms with E-state index in [-0.39, 0.29) is 61.4 Å². The average Bonchev–Trinajstić information content (AvgIpc) is 3.47. The number of ketones is 4. The van der Waals surface area contributed by atoms with Gasteiger partial charge in [0.15, 0.2) is 28.8 Å². The maximum absolute atomic E-state index is 17.6. The van der Waals surface area contributed by atoms with Gasteiger partial charge in [-0.25, -0.2) is 4.39 Å². The lowest BCUT2D eigenvalue weighted by Crippen LogP contribution is -2.69. The van der Waals surface area contributed by atoms with Crippen LogP contribution < -0.4 is 0 Å². The predicted octanol–water partition coefficient (Wildman–Crippen LogP) is 5.26. The normalized spacial score (nSPS) is 53.1. The molecular weight excluding hydrogens is 663 g/mol. The molecule has 9 heteroatoms. The van der Waals surface area contributed by atoms with Gasteiger partial charge >= 0.3 is 0 Å². The van der Waals surface area contributed by atoms with E-state index in [0.717, 1.165) is 18.4 Å². The van der Waals surface area contributed by atoms with Gasteiger partial charge in [0, 0.05) is 46.3 Å². The second kappa shape index (κ2) is 11.2. The molecule has 52 heavy (non-hydrogen) atoms. The second-order valence-electron chi connectivity index (χ2n) is 19.1. The first kappa shape index (κ1) is 36.4. The Morgan fingerprint density at radius 3 is 2.15 bits per heavy atom. The molecule has 0 aliphatic heterocycles. The molecule has 0 amide bonds. The summed E-state index contributed by atoms with van der Waals surface area (Å²) >= 11 is 0. The maximum atomic E-state index is 17.6. The van der Waals surface area contributed by atoms with Crippen molar-refractivity contribution in [2.24, 2.45) is 57.2 Å². The van der Waals surface area contributed by atoms with E-state index in [2.05, 4.69) is 6.92 Å². The number of rotatable bonds is 5. The zero-order valence-electron chi connectivity index (χ0n) is 31.2. The highest BCUT2D eigenvalue weighted by Gasteiger charge is 2.76. The monoisotopic (exact) mass is 718 g/mol. The van der Waals surface area contributed by atoms with E-state index >= 15 is 4.39 Å². The summed E-state index contributed by atoms with van der Waals surface area (Å²) in [5, 5.41) is 48.3. The Balaban J connectivity index is 1.01. The largest absolute Gasteiger partial charge is 0.393 e. The van der Waals surface area contributed by atoms with Crippen LogP contribution in [0.15, 0.2) is 47.6 Å². The van der Waals surface area contributed by atoms with Gasteiger partial charge in [0.25, 0.3) is 0 Å². The molecular formula is C43H55FO8. The first-order valence-corrected chi connectivity index (χ1v) is 19.7. The smallest absolute Gasteiger partial charge is 0.178 e. The summed E-state index contributed by atoms with van der Waals surface area (Å²) in [6.45, 7) is 9.31. The van der Waals surface area contributed by atoms with Crippen molar-refractivity contribution < 1.29 is 44.0 Å². The van der Waals surface area contributed by atoms with Gasteiger partial charge in [-0.05, 0) is 113 Å². The second-order valence-corrected chi connectivity index (χ2v) is 19.1. The topological polar surface area (TPSA) is 149 Å². The maximum Gasteiger partial charge on any atom is 0.178 e. The Bertz CT molecular complexity index is 1780. The third kappa shape index (κ3) is 4.23. The van der Waals surface area contributed by atoms with Crippen molar-refractivity contribution in [3.8, 4) is 0 Å². The number of Topliss-reactive ketones (excluding diaryl/α,β-unsaturated/α-hetero) is 2. The molecule has 8 nitrogen and oxygen atoms in total. The molecule has 0 saturated heterocycles. The SMILES string of the molecule is C[C@H]1CC2C3CCC4=CC(=O)C=C[C@]4(C)[C@@]3(F)[C@@H](O)C[C@]2(C)[C@@]1(O)C(=O)CCC(=O)[C@@]1(O)CCC2C3CCC4=CC(=O)C=C[C@]4(C)C3[C@@H](O)C[C@@]21C. The fraction of sp³-hybridized carbons (Fsp3) is 0.721. The summed E-state index contributed by atoms with van der Waals surface area (Å²) in [4.78, 5) is 52.9. The van der Waals surface area contributed by atoms with Crippen LogP contribution in [0.5, 0.6) is 0 Å². The molecule has 5 unspecified atom stereocenters. The zero-order valence-corrected chi connectivity index (χ0v) is 31.2. The fourth-order valence-corrected chi connectivity index (χ4v) is 14.6. The van der Waals surface area contributed by atoms with Crippen LogP contribution in [0, 0.1) is 57.2 Å². The average molecular weight is 719 g/mol. The summed E-state index contributed by atoms with van der Waals surface area (Å²) < 4.78 is 17.6. The number of hydrogen-bond acceptors (Lipinski definition) is 8. The van der Waals surface area contributed by atoms with Gasteiger partial charge in [0.2, 0.25) is 0 Å². The third-order valence-electron chi connectivity index (χ3n) is 17.3. The number of hydrogen-bond donors (Lipinski definition) is 4. The number of fused-ring (bicyclic) bond motifs is 10. The van der Waals surface area contributed by atoms with Crippen molar-refractivity contribution in [1.29, 1.82) is 0 Å². The molecule has 8 aliphatic carbocycles. The lowest BCUT2D eigenvalue weighted by molar-refractivity contribution is -0.219. The number of aliphatic hydroxyl groups is 4. The zero-order chi connectivity index (χ0) is 37.6. The molecule has 0 aromatic heterocycles. The van der Waals surface area contributed by atoms with Crippen LogP contribution in [0.1, 0.15) is 105 Å². The highest BCUT2D eigenvalue weighted by molar-refractivity contribution is 6.02. The molecule has 0 aromatic carbocycles. The van der Waals surface area contributed by atoms with Gasteiger partial charge in [-0.15, -0.1) is 0 Å². The summed E-state index contributed by atoms with van der Waals surface area (Å²) in [7, 11) is 0. The van der Waals surface area contributed by atoms with E-state index in [0.29, 0.717) is 31.3 Å². The molecule has 4 N–H and O–H groups in total. The van der Waals surface area contributed by atoms with Gasteiger partial charge < -0.3 is 20.4 Å². The van der Waals surface area contributed by atoms with Crippen molar-refractivity contribution in [2.45, 2.75) is 134 Å². The minimum Gasteiger partial charge on any atom is -0.393 e. The van der Waals surface area contributed by atoms with E-state index in [4.69, 9.17) is 0 Å². The van der Waals surface area contributed by atoms with Crippen LogP contribution in [0.25, 0.3) is 0 Å².